The summed E-state index contributed by atoms with van der Waals surface area (Å²) < 4.78 is 16.8. The quantitative estimate of drug-likeness (QED) is 0.0263. The van der Waals surface area contributed by atoms with Crippen molar-refractivity contribution in [3.63, 3.8) is 0 Å². The molecule has 0 aliphatic carbocycles. The second-order valence-electron chi connectivity index (χ2n) is 17.4. The average Bonchev–Trinajstić information content (AvgIpc) is 3.26. The topological polar surface area (TPSA) is 78.9 Å². The number of hydrogen-bond donors (Lipinski definition) is 0. The molecule has 6 heteroatoms. The Morgan fingerprint density at radius 3 is 1.02 bits per heavy atom. The summed E-state index contributed by atoms with van der Waals surface area (Å²) in [5, 5.41) is 0. The lowest BCUT2D eigenvalue weighted by molar-refractivity contribution is -0.167. The molecule has 0 N–H and O–H groups in total. The lowest BCUT2D eigenvalue weighted by Crippen LogP contribution is -2.30. The van der Waals surface area contributed by atoms with E-state index in [0.29, 0.717) is 19.3 Å². The van der Waals surface area contributed by atoms with Gasteiger partial charge >= 0.3 is 17.9 Å². The van der Waals surface area contributed by atoms with Gasteiger partial charge in [-0.15, -0.1) is 0 Å². The minimum atomic E-state index is -0.780. The second-order valence-corrected chi connectivity index (χ2v) is 17.4. The normalized spacial score (nSPS) is 12.4. The minimum absolute atomic E-state index is 0.0793. The van der Waals surface area contributed by atoms with Gasteiger partial charge in [0.1, 0.15) is 13.2 Å². The van der Waals surface area contributed by atoms with Crippen LogP contribution in [0.15, 0.2) is 48.6 Å². The maximum atomic E-state index is 12.8. The molecular formula is C55H98O6. The third kappa shape index (κ3) is 48.3. The third-order valence-corrected chi connectivity index (χ3v) is 11.3. The van der Waals surface area contributed by atoms with Crippen molar-refractivity contribution in [3.8, 4) is 0 Å². The Morgan fingerprint density at radius 1 is 0.344 bits per heavy atom. The predicted octanol–water partition coefficient (Wildman–Crippen LogP) is 17.1. The van der Waals surface area contributed by atoms with Crippen molar-refractivity contribution in [2.45, 2.75) is 271 Å². The molecule has 61 heavy (non-hydrogen) atoms. The van der Waals surface area contributed by atoms with Crippen LogP contribution >= 0.6 is 0 Å². The second kappa shape index (κ2) is 50.0. The van der Waals surface area contributed by atoms with E-state index in [2.05, 4.69) is 69.4 Å². The molecule has 0 aromatic rings. The minimum Gasteiger partial charge on any atom is -0.462 e. The highest BCUT2D eigenvalue weighted by atomic mass is 16.6. The zero-order chi connectivity index (χ0) is 44.4. The maximum absolute atomic E-state index is 12.8. The summed E-state index contributed by atoms with van der Waals surface area (Å²) in [6, 6.07) is 0. The van der Waals surface area contributed by atoms with Crippen LogP contribution in [-0.4, -0.2) is 37.2 Å². The van der Waals surface area contributed by atoms with Gasteiger partial charge in [0.05, 0.1) is 0 Å². The summed E-state index contributed by atoms with van der Waals surface area (Å²) in [4.78, 5) is 37.9. The fourth-order valence-corrected chi connectivity index (χ4v) is 7.39. The molecule has 0 aliphatic rings. The van der Waals surface area contributed by atoms with Crippen LogP contribution in [0.5, 0.6) is 0 Å². The Hall–Kier alpha value is -2.63. The highest BCUT2D eigenvalue weighted by Crippen LogP contribution is 2.15. The van der Waals surface area contributed by atoms with Gasteiger partial charge in [-0.1, -0.05) is 217 Å². The summed E-state index contributed by atoms with van der Waals surface area (Å²) in [5.41, 5.74) is 0. The van der Waals surface area contributed by atoms with Crippen molar-refractivity contribution < 1.29 is 28.6 Å². The fraction of sp³-hybridized carbons (Fsp3) is 0.800. The largest absolute Gasteiger partial charge is 0.462 e. The van der Waals surface area contributed by atoms with Crippen molar-refractivity contribution in [3.05, 3.63) is 48.6 Å². The molecule has 1 atom stereocenters. The monoisotopic (exact) mass is 855 g/mol. The van der Waals surface area contributed by atoms with E-state index in [4.69, 9.17) is 14.2 Å². The third-order valence-electron chi connectivity index (χ3n) is 11.3. The summed E-state index contributed by atoms with van der Waals surface area (Å²) in [5.74, 6) is -0.894. The van der Waals surface area contributed by atoms with Crippen LogP contribution in [0.3, 0.4) is 0 Å². The first-order valence-electron chi connectivity index (χ1n) is 26.1. The Morgan fingerprint density at radius 2 is 0.639 bits per heavy atom. The summed E-state index contributed by atoms with van der Waals surface area (Å²) in [7, 11) is 0. The summed E-state index contributed by atoms with van der Waals surface area (Å²) in [6.45, 7) is 6.51. The molecular weight excluding hydrogens is 757 g/mol. The van der Waals surface area contributed by atoms with E-state index in [1.54, 1.807) is 0 Å². The van der Waals surface area contributed by atoms with Crippen LogP contribution in [0.25, 0.3) is 0 Å². The molecule has 0 unspecified atom stereocenters. The van der Waals surface area contributed by atoms with Gasteiger partial charge in [-0.2, -0.15) is 0 Å². The predicted molar refractivity (Wildman–Crippen MR) is 261 cm³/mol. The number of unbranched alkanes of at least 4 members (excludes halogenated alkanes) is 28. The molecule has 0 spiro atoms. The van der Waals surface area contributed by atoms with Gasteiger partial charge in [-0.3, -0.25) is 14.4 Å². The van der Waals surface area contributed by atoms with Crippen molar-refractivity contribution in [1.82, 2.24) is 0 Å². The van der Waals surface area contributed by atoms with Crippen LogP contribution in [0.2, 0.25) is 0 Å². The molecule has 6 nitrogen and oxygen atoms in total. The van der Waals surface area contributed by atoms with E-state index >= 15 is 0 Å². The number of carbonyl (C=O) groups is 3. The molecule has 0 saturated carbocycles. The average molecular weight is 855 g/mol. The van der Waals surface area contributed by atoms with Gasteiger partial charge in [0, 0.05) is 19.3 Å². The number of carbonyl (C=O) groups excluding carboxylic acids is 3. The number of ether oxygens (including phenoxy) is 3. The molecule has 0 bridgehead atoms. The Kier molecular flexibility index (Phi) is 47.9. The van der Waals surface area contributed by atoms with Crippen LogP contribution < -0.4 is 0 Å². The maximum Gasteiger partial charge on any atom is 0.306 e. The molecule has 0 rings (SSSR count). The standard InChI is InChI=1S/C55H98O6/c1-4-7-10-13-16-19-22-24-26-27-29-30-33-36-39-42-45-48-54(57)60-51-52(50-59-53(56)47-44-41-38-35-32-21-18-15-12-9-6-3)61-55(58)49-46-43-40-37-34-31-28-25-23-20-17-14-11-8-5-2/h8,11,17,20,24-26,28,52H,4-7,9-10,12-16,18-19,21-23,27,29-51H2,1-3H3/b11-8-,20-17-,26-24-,28-25-/t52-/m0/s1. The van der Waals surface area contributed by atoms with Gasteiger partial charge in [0.15, 0.2) is 6.10 Å². The van der Waals surface area contributed by atoms with Crippen LogP contribution in [0.1, 0.15) is 265 Å². The van der Waals surface area contributed by atoms with Gasteiger partial charge in [0.2, 0.25) is 0 Å². The number of rotatable bonds is 47. The lowest BCUT2D eigenvalue weighted by Gasteiger charge is -2.18. The van der Waals surface area contributed by atoms with E-state index in [9.17, 15) is 14.4 Å². The number of hydrogen-bond acceptors (Lipinski definition) is 6. The highest BCUT2D eigenvalue weighted by Gasteiger charge is 2.19. The molecule has 0 amide bonds. The van der Waals surface area contributed by atoms with Crippen molar-refractivity contribution >= 4 is 17.9 Å². The zero-order valence-electron chi connectivity index (χ0n) is 40.4. The smallest absolute Gasteiger partial charge is 0.306 e. The first kappa shape index (κ1) is 58.4. The molecule has 0 saturated heterocycles. The molecule has 0 heterocycles. The van der Waals surface area contributed by atoms with Gasteiger partial charge < -0.3 is 14.2 Å². The Labute approximate surface area is 378 Å². The zero-order valence-corrected chi connectivity index (χ0v) is 40.4. The van der Waals surface area contributed by atoms with E-state index in [1.807, 2.05) is 0 Å². The van der Waals surface area contributed by atoms with Crippen LogP contribution in [0, 0.1) is 0 Å². The number of esters is 3. The number of allylic oxidation sites excluding steroid dienone is 8. The van der Waals surface area contributed by atoms with Crippen molar-refractivity contribution in [2.24, 2.45) is 0 Å². The molecule has 0 aromatic heterocycles. The Balaban J connectivity index is 4.37. The van der Waals surface area contributed by atoms with E-state index in [1.165, 1.54) is 128 Å². The first-order valence-corrected chi connectivity index (χ1v) is 26.1. The van der Waals surface area contributed by atoms with Crippen LogP contribution in [-0.2, 0) is 28.6 Å². The molecule has 0 aromatic carbocycles. The lowest BCUT2D eigenvalue weighted by atomic mass is 10.1. The SMILES string of the molecule is CC/C=C\C/C=C\C/C=C\CCCCCCCC(=O)O[C@H](COC(=O)CCCCCCCCC/C=C\CCCCCCCC)COC(=O)CCCCCCCCCCCCC. The molecule has 0 radical (unpaired) electrons. The van der Waals surface area contributed by atoms with Gasteiger partial charge in [-0.05, 0) is 77.0 Å². The van der Waals surface area contributed by atoms with E-state index in [0.717, 1.165) is 96.3 Å². The summed E-state index contributed by atoms with van der Waals surface area (Å²) in [6.07, 6.45) is 59.5. The molecule has 0 aliphatic heterocycles. The molecule has 354 valence electrons. The van der Waals surface area contributed by atoms with Gasteiger partial charge in [-0.25, -0.2) is 0 Å². The van der Waals surface area contributed by atoms with Gasteiger partial charge in [0.25, 0.3) is 0 Å². The van der Waals surface area contributed by atoms with Crippen molar-refractivity contribution in [1.29, 1.82) is 0 Å². The first-order chi connectivity index (χ1) is 30.0. The van der Waals surface area contributed by atoms with Crippen molar-refractivity contribution in [2.75, 3.05) is 13.2 Å². The highest BCUT2D eigenvalue weighted by molar-refractivity contribution is 5.71. The summed E-state index contributed by atoms with van der Waals surface area (Å²) >= 11 is 0. The van der Waals surface area contributed by atoms with E-state index < -0.39 is 6.10 Å². The van der Waals surface area contributed by atoms with E-state index in [-0.39, 0.29) is 31.1 Å². The molecule has 0 fully saturated rings. The Bertz CT molecular complexity index is 1070. The fourth-order valence-electron chi connectivity index (χ4n) is 7.39. The van der Waals surface area contributed by atoms with Crippen LogP contribution in [0.4, 0.5) is 0 Å².